The van der Waals surface area contributed by atoms with Gasteiger partial charge in [0, 0.05) is 37.2 Å². The number of fused-ring (bicyclic) bond motifs is 1. The number of hydrogen-bond donors (Lipinski definition) is 1. The summed E-state index contributed by atoms with van der Waals surface area (Å²) in [5.41, 5.74) is -0.0569. The largest absolute Gasteiger partial charge is 0.332 e. The molecule has 0 saturated carbocycles. The van der Waals surface area contributed by atoms with E-state index in [0.29, 0.717) is 28.5 Å². The molecule has 186 valence electrons. The number of ketones is 1. The molecule has 9 nitrogen and oxygen atoms in total. The number of nitrogens with one attached hydrogen (secondary N) is 1. The third kappa shape index (κ3) is 5.87. The first-order valence-corrected chi connectivity index (χ1v) is 12.3. The zero-order chi connectivity index (χ0) is 26.1. The highest BCUT2D eigenvalue weighted by atomic mass is 32.2. The molecule has 0 fully saturated rings. The molecule has 0 radical (unpaired) electrons. The number of Topliss-reactive ketones (excluding diaryl/α,β-unsaturated/α-hetero) is 1. The summed E-state index contributed by atoms with van der Waals surface area (Å²) in [7, 11) is 2.97. The maximum Gasteiger partial charge on any atom is 0.332 e. The van der Waals surface area contributed by atoms with Crippen molar-refractivity contribution in [2.45, 2.75) is 51.5 Å². The van der Waals surface area contributed by atoms with Gasteiger partial charge < -0.3 is 5.32 Å². The Morgan fingerprint density at radius 3 is 2.23 bits per heavy atom. The van der Waals surface area contributed by atoms with Crippen molar-refractivity contribution in [3.8, 4) is 0 Å². The monoisotopic (exact) mass is 497 g/mol. The Bertz CT molecular complexity index is 1400. The second kappa shape index (κ2) is 10.2. The van der Waals surface area contributed by atoms with Crippen molar-refractivity contribution >= 4 is 40.2 Å². The first-order valence-electron chi connectivity index (χ1n) is 11.3. The van der Waals surface area contributed by atoms with Gasteiger partial charge in [-0.05, 0) is 30.2 Å². The molecule has 0 bridgehead atoms. The normalized spacial score (nSPS) is 11.8. The molecular weight excluding hydrogens is 466 g/mol. The number of amides is 1. The van der Waals surface area contributed by atoms with E-state index in [1.807, 2.05) is 34.6 Å². The minimum absolute atomic E-state index is 0.0424. The van der Waals surface area contributed by atoms with Crippen molar-refractivity contribution in [3.63, 3.8) is 0 Å². The minimum atomic E-state index is -0.500. The van der Waals surface area contributed by atoms with E-state index in [2.05, 4.69) is 15.3 Å². The maximum atomic E-state index is 12.9. The molecule has 0 aliphatic heterocycles. The third-order valence-electron chi connectivity index (χ3n) is 5.36. The third-order valence-corrected chi connectivity index (χ3v) is 6.34. The molecule has 0 atom stereocenters. The molecule has 1 amide bonds. The molecular formula is C25H31N5O4S. The van der Waals surface area contributed by atoms with E-state index in [1.165, 1.54) is 11.6 Å². The number of carbonyl (C=O) groups excluding carboxylic acids is 2. The lowest BCUT2D eigenvalue weighted by atomic mass is 9.96. The quantitative estimate of drug-likeness (QED) is 0.302. The molecule has 0 spiro atoms. The summed E-state index contributed by atoms with van der Waals surface area (Å²) in [5, 5.41) is 3.40. The lowest BCUT2D eigenvalue weighted by Gasteiger charge is -2.19. The molecule has 0 aliphatic rings. The summed E-state index contributed by atoms with van der Waals surface area (Å²) in [4.78, 5) is 59.4. The van der Waals surface area contributed by atoms with Crippen LogP contribution in [0.25, 0.3) is 11.0 Å². The van der Waals surface area contributed by atoms with Gasteiger partial charge >= 0.3 is 5.69 Å². The van der Waals surface area contributed by atoms with E-state index < -0.39 is 16.7 Å². The molecule has 0 aliphatic carbocycles. The summed E-state index contributed by atoms with van der Waals surface area (Å²) in [6, 6.07) is 6.71. The van der Waals surface area contributed by atoms with E-state index in [1.54, 1.807) is 31.3 Å². The fourth-order valence-electron chi connectivity index (χ4n) is 3.41. The average molecular weight is 498 g/mol. The molecule has 1 N–H and O–H groups in total. The van der Waals surface area contributed by atoms with Crippen LogP contribution in [0, 0.1) is 5.92 Å². The van der Waals surface area contributed by atoms with E-state index in [4.69, 9.17) is 0 Å². The summed E-state index contributed by atoms with van der Waals surface area (Å²) in [5.74, 6) is 0.547. The highest BCUT2D eigenvalue weighted by Crippen LogP contribution is 2.27. The Labute approximate surface area is 208 Å². The maximum absolute atomic E-state index is 12.9. The topological polar surface area (TPSA) is 116 Å². The lowest BCUT2D eigenvalue weighted by Crippen LogP contribution is -2.38. The molecule has 10 heteroatoms. The molecule has 0 saturated heterocycles. The van der Waals surface area contributed by atoms with E-state index in [0.717, 1.165) is 16.3 Å². The van der Waals surface area contributed by atoms with Gasteiger partial charge in [-0.25, -0.2) is 14.8 Å². The highest BCUT2D eigenvalue weighted by Gasteiger charge is 2.24. The van der Waals surface area contributed by atoms with Gasteiger partial charge in [-0.3, -0.25) is 23.5 Å². The van der Waals surface area contributed by atoms with E-state index in [9.17, 15) is 19.2 Å². The predicted molar refractivity (Wildman–Crippen MR) is 138 cm³/mol. The first kappa shape index (κ1) is 26.3. The summed E-state index contributed by atoms with van der Waals surface area (Å²) >= 11 is 1.14. The van der Waals surface area contributed by atoms with Crippen LogP contribution in [0.5, 0.6) is 0 Å². The molecule has 35 heavy (non-hydrogen) atoms. The molecule has 0 unspecified atom stereocenters. The molecule has 2 heterocycles. The van der Waals surface area contributed by atoms with Gasteiger partial charge in [0.1, 0.15) is 16.2 Å². The predicted octanol–water partition coefficient (Wildman–Crippen LogP) is 3.28. The Balaban J connectivity index is 1.89. The fraction of sp³-hybridized carbons (Fsp3) is 0.440. The summed E-state index contributed by atoms with van der Waals surface area (Å²) < 4.78 is 2.34. The van der Waals surface area contributed by atoms with Crippen molar-refractivity contribution in [2.75, 3.05) is 11.1 Å². The first-order chi connectivity index (χ1) is 16.3. The lowest BCUT2D eigenvalue weighted by molar-refractivity contribution is -0.116. The zero-order valence-corrected chi connectivity index (χ0v) is 21.9. The van der Waals surface area contributed by atoms with Crippen LogP contribution in [-0.2, 0) is 24.3 Å². The highest BCUT2D eigenvalue weighted by molar-refractivity contribution is 8.00. The van der Waals surface area contributed by atoms with Crippen molar-refractivity contribution in [1.29, 1.82) is 0 Å². The SMILES string of the molecule is CC(C)CC(=O)Nc1ccc(C(=O)CSc2nc(C(C)(C)C)nc3c2c(=O)n(C)c(=O)n3C)cc1. The van der Waals surface area contributed by atoms with Crippen molar-refractivity contribution in [1.82, 2.24) is 19.1 Å². The molecule has 1 aromatic carbocycles. The second-order valence-corrected chi connectivity index (χ2v) is 10.9. The number of aryl methyl sites for hydroxylation is 1. The Hall–Kier alpha value is -3.27. The van der Waals surface area contributed by atoms with Gasteiger partial charge in [0.15, 0.2) is 11.4 Å². The number of anilines is 1. The van der Waals surface area contributed by atoms with Crippen LogP contribution < -0.4 is 16.6 Å². The standard InChI is InChI=1S/C25H31N5O4S/c1-14(2)12-18(32)26-16-10-8-15(9-11-16)17(31)13-35-21-19-20(27-23(28-21)25(3,4)5)29(6)24(34)30(7)22(19)33/h8-11,14H,12-13H2,1-7H3,(H,26,32). The van der Waals surface area contributed by atoms with Gasteiger partial charge in [0.05, 0.1) is 5.75 Å². The number of hydrogen-bond acceptors (Lipinski definition) is 7. The number of rotatable bonds is 7. The number of carbonyl (C=O) groups is 2. The number of benzene rings is 1. The molecule has 3 aromatic rings. The summed E-state index contributed by atoms with van der Waals surface area (Å²) in [6.07, 6.45) is 0.422. The smallest absolute Gasteiger partial charge is 0.326 e. The van der Waals surface area contributed by atoms with Gasteiger partial charge in [-0.1, -0.05) is 46.4 Å². The van der Waals surface area contributed by atoms with Gasteiger partial charge in [0.2, 0.25) is 5.91 Å². The van der Waals surface area contributed by atoms with E-state index in [-0.39, 0.29) is 34.4 Å². The molecule has 2 aromatic heterocycles. The Morgan fingerprint density at radius 1 is 1.03 bits per heavy atom. The van der Waals surface area contributed by atoms with Crippen LogP contribution in [0.2, 0.25) is 0 Å². The Morgan fingerprint density at radius 2 is 1.66 bits per heavy atom. The second-order valence-electron chi connectivity index (χ2n) is 9.94. The summed E-state index contributed by atoms with van der Waals surface area (Å²) in [6.45, 7) is 9.76. The van der Waals surface area contributed by atoms with Crippen molar-refractivity contribution in [3.05, 3.63) is 56.5 Å². The average Bonchev–Trinajstić information content (AvgIpc) is 2.78. The fourth-order valence-corrected chi connectivity index (χ4v) is 4.32. The Kier molecular flexibility index (Phi) is 7.64. The number of thioether (sulfide) groups is 1. The van der Waals surface area contributed by atoms with Gasteiger partial charge in [-0.15, -0.1) is 0 Å². The van der Waals surface area contributed by atoms with Crippen molar-refractivity contribution < 1.29 is 9.59 Å². The van der Waals surface area contributed by atoms with Crippen LogP contribution >= 0.6 is 11.8 Å². The van der Waals surface area contributed by atoms with Crippen LogP contribution in [-0.4, -0.2) is 36.5 Å². The number of aromatic nitrogens is 4. The van der Waals surface area contributed by atoms with E-state index >= 15 is 0 Å². The van der Waals surface area contributed by atoms with Crippen molar-refractivity contribution in [2.24, 2.45) is 20.0 Å². The number of nitrogens with zero attached hydrogens (tertiary/aromatic N) is 4. The van der Waals surface area contributed by atoms with Crippen LogP contribution in [0.4, 0.5) is 5.69 Å². The van der Waals surface area contributed by atoms with Gasteiger partial charge in [0.25, 0.3) is 5.56 Å². The zero-order valence-electron chi connectivity index (χ0n) is 21.1. The van der Waals surface area contributed by atoms with Crippen LogP contribution in [0.15, 0.2) is 38.9 Å². The minimum Gasteiger partial charge on any atom is -0.326 e. The van der Waals surface area contributed by atoms with Crippen LogP contribution in [0.3, 0.4) is 0 Å². The van der Waals surface area contributed by atoms with Gasteiger partial charge in [-0.2, -0.15) is 0 Å². The molecule has 3 rings (SSSR count). The van der Waals surface area contributed by atoms with Crippen LogP contribution in [0.1, 0.15) is 57.2 Å².